The van der Waals surface area contributed by atoms with Crippen LogP contribution in [0.2, 0.25) is 0 Å². The number of anilines is 1. The van der Waals surface area contributed by atoms with Gasteiger partial charge >= 0.3 is 0 Å². The molecule has 1 fully saturated rings. The van der Waals surface area contributed by atoms with Crippen LogP contribution in [0, 0.1) is 0 Å². The van der Waals surface area contributed by atoms with Gasteiger partial charge in [-0.25, -0.2) is 0 Å². The Labute approximate surface area is 272 Å². The van der Waals surface area contributed by atoms with Crippen LogP contribution in [0.5, 0.6) is 5.75 Å². The highest BCUT2D eigenvalue weighted by Crippen LogP contribution is 2.33. The molecule has 2 aromatic rings. The minimum absolute atomic E-state index is 0.00453. The number of carbonyl (C=O) groups excluding carboxylic acids is 1. The Hall–Kier alpha value is -3.40. The second-order valence-electron chi connectivity index (χ2n) is 11.6. The first kappa shape index (κ1) is 37.8. The maximum atomic E-state index is 12.2. The van der Waals surface area contributed by atoms with Gasteiger partial charge in [-0.15, -0.1) is 0 Å². The van der Waals surface area contributed by atoms with Crippen molar-refractivity contribution in [1.82, 2.24) is 24.9 Å². The Kier molecular flexibility index (Phi) is 16.7. The molecule has 0 saturated carbocycles. The first-order valence-electron chi connectivity index (χ1n) is 16.5. The smallest absolute Gasteiger partial charge is 0.246 e. The maximum absolute atomic E-state index is 12.2. The Morgan fingerprint density at radius 2 is 1.71 bits per heavy atom. The van der Waals surface area contributed by atoms with Crippen LogP contribution in [0.15, 0.2) is 65.7 Å². The predicted molar refractivity (Wildman–Crippen MR) is 193 cm³/mol. The van der Waals surface area contributed by atoms with E-state index in [-0.39, 0.29) is 5.91 Å². The third-order valence-corrected chi connectivity index (χ3v) is 8.23. The summed E-state index contributed by atoms with van der Waals surface area (Å²) in [5.41, 5.74) is 2.32. The van der Waals surface area contributed by atoms with Gasteiger partial charge in [0.25, 0.3) is 0 Å². The van der Waals surface area contributed by atoms with Gasteiger partial charge < -0.3 is 30.0 Å². The van der Waals surface area contributed by atoms with E-state index in [9.17, 15) is 9.90 Å². The lowest BCUT2D eigenvalue weighted by atomic mass is 10.0. The molecule has 1 saturated heterocycles. The van der Waals surface area contributed by atoms with Gasteiger partial charge in [0.2, 0.25) is 5.91 Å². The fourth-order valence-electron chi connectivity index (χ4n) is 5.76. The van der Waals surface area contributed by atoms with Crippen LogP contribution >= 0.6 is 0 Å². The van der Waals surface area contributed by atoms with E-state index in [0.29, 0.717) is 31.5 Å². The van der Waals surface area contributed by atoms with Crippen molar-refractivity contribution >= 4 is 28.2 Å². The van der Waals surface area contributed by atoms with Crippen molar-refractivity contribution in [2.75, 3.05) is 92.6 Å². The summed E-state index contributed by atoms with van der Waals surface area (Å²) < 4.78 is 0. The van der Waals surface area contributed by atoms with E-state index in [4.69, 9.17) is 4.99 Å². The number of rotatable bonds is 10. The van der Waals surface area contributed by atoms with E-state index in [0.717, 1.165) is 74.3 Å². The van der Waals surface area contributed by atoms with Crippen molar-refractivity contribution in [3.8, 4) is 5.75 Å². The van der Waals surface area contributed by atoms with Crippen molar-refractivity contribution in [3.05, 3.63) is 60.7 Å². The Bertz CT molecular complexity index is 1250. The molecule has 1 atom stereocenters. The summed E-state index contributed by atoms with van der Waals surface area (Å²) in [6, 6.07) is 12.5. The molecule has 250 valence electrons. The SMILES string of the molecule is C=CC(=O)N1CCN(/C(=N/CN(C)CCC(CC)N(C)C)C2=CCN(c3cc(O)cc4ccccc34)CC2)CC1.CC.CNC. The largest absolute Gasteiger partial charge is 0.508 e. The fraction of sp³-hybridized carbons (Fsp3) is 0.556. The van der Waals surface area contributed by atoms with Crippen molar-refractivity contribution < 1.29 is 9.90 Å². The van der Waals surface area contributed by atoms with E-state index >= 15 is 0 Å². The summed E-state index contributed by atoms with van der Waals surface area (Å²) in [5.74, 6) is 1.34. The second-order valence-corrected chi connectivity index (χ2v) is 11.6. The highest BCUT2D eigenvalue weighted by atomic mass is 16.3. The number of amidine groups is 1. The van der Waals surface area contributed by atoms with E-state index in [1.807, 2.05) is 63.2 Å². The molecule has 2 aliphatic heterocycles. The second kappa shape index (κ2) is 19.9. The third kappa shape index (κ3) is 11.2. The molecular formula is C36H59N7O2. The van der Waals surface area contributed by atoms with E-state index in [2.05, 4.69) is 71.7 Å². The first-order chi connectivity index (χ1) is 21.7. The number of phenols is 1. The highest BCUT2D eigenvalue weighted by molar-refractivity contribution is 6.00. The summed E-state index contributed by atoms with van der Waals surface area (Å²) in [5, 5.41) is 15.3. The molecule has 0 bridgehead atoms. The molecule has 2 heterocycles. The molecule has 1 amide bonds. The Morgan fingerprint density at radius 1 is 1.07 bits per heavy atom. The topological polar surface area (TPSA) is 77.9 Å². The normalized spacial score (nSPS) is 16.1. The zero-order valence-corrected chi connectivity index (χ0v) is 29.2. The van der Waals surface area contributed by atoms with Crippen LogP contribution in [-0.4, -0.2) is 130 Å². The lowest BCUT2D eigenvalue weighted by Gasteiger charge is -2.38. The van der Waals surface area contributed by atoms with Crippen LogP contribution in [0.3, 0.4) is 0 Å². The molecule has 0 aliphatic carbocycles. The molecule has 9 heteroatoms. The van der Waals surface area contributed by atoms with Crippen LogP contribution in [0.25, 0.3) is 10.8 Å². The highest BCUT2D eigenvalue weighted by Gasteiger charge is 2.26. The number of carbonyl (C=O) groups is 1. The van der Waals surface area contributed by atoms with Gasteiger partial charge in [0.05, 0.1) is 6.67 Å². The van der Waals surface area contributed by atoms with Crippen molar-refractivity contribution in [1.29, 1.82) is 0 Å². The maximum Gasteiger partial charge on any atom is 0.246 e. The van der Waals surface area contributed by atoms with Crippen LogP contribution in [-0.2, 0) is 4.79 Å². The molecule has 2 aromatic carbocycles. The number of amides is 1. The van der Waals surface area contributed by atoms with Crippen molar-refractivity contribution in [3.63, 3.8) is 0 Å². The number of benzene rings is 2. The number of aliphatic imine (C=N–C) groups is 1. The number of nitrogens with zero attached hydrogens (tertiary/aromatic N) is 6. The fourth-order valence-corrected chi connectivity index (χ4v) is 5.76. The molecular weight excluding hydrogens is 562 g/mol. The lowest BCUT2D eigenvalue weighted by molar-refractivity contribution is -0.127. The van der Waals surface area contributed by atoms with Gasteiger partial charge in [0.1, 0.15) is 11.6 Å². The Balaban J connectivity index is 0.00000133. The predicted octanol–water partition coefficient (Wildman–Crippen LogP) is 4.89. The number of fused-ring (bicyclic) bond motifs is 1. The zero-order valence-electron chi connectivity index (χ0n) is 29.2. The average Bonchev–Trinajstić information content (AvgIpc) is 3.06. The number of phenolic OH excluding ortho intramolecular Hbond substituents is 1. The van der Waals surface area contributed by atoms with Gasteiger partial charge in [-0.1, -0.05) is 57.7 Å². The zero-order chi connectivity index (χ0) is 33.4. The molecule has 9 nitrogen and oxygen atoms in total. The van der Waals surface area contributed by atoms with Gasteiger partial charge in [-0.3, -0.25) is 14.7 Å². The van der Waals surface area contributed by atoms with E-state index in [1.165, 1.54) is 11.6 Å². The van der Waals surface area contributed by atoms with Gasteiger partial charge in [0.15, 0.2) is 0 Å². The van der Waals surface area contributed by atoms with E-state index < -0.39 is 0 Å². The number of piperazine rings is 1. The number of aromatic hydroxyl groups is 1. The minimum atomic E-state index is -0.00453. The monoisotopic (exact) mass is 621 g/mol. The van der Waals surface area contributed by atoms with E-state index in [1.54, 1.807) is 0 Å². The molecule has 4 rings (SSSR count). The molecule has 2 N–H and O–H groups in total. The molecule has 0 aromatic heterocycles. The van der Waals surface area contributed by atoms with Crippen LogP contribution in [0.4, 0.5) is 5.69 Å². The standard InChI is InChI=1S/C32H46N6O2.C2H7N.C2H6/c1-6-27(34(3)4)14-15-35(5)24-33-32(38-20-18-37(19-21-38)31(40)7-2)25-12-16-36(17-13-25)30-23-28(39)22-26-10-8-9-11-29(26)30;1-3-2;1-2/h7-12,22-23,27,39H,2,6,13-21,24H2,1,3-5H3;3H,1-2H3;1-2H3/b33-32+;;. The number of hydrogen-bond donors (Lipinski definition) is 2. The lowest BCUT2D eigenvalue weighted by Crippen LogP contribution is -2.51. The first-order valence-corrected chi connectivity index (χ1v) is 16.5. The van der Waals surface area contributed by atoms with Crippen LogP contribution < -0.4 is 10.2 Å². The summed E-state index contributed by atoms with van der Waals surface area (Å²) >= 11 is 0. The van der Waals surface area contributed by atoms with Gasteiger partial charge in [-0.05, 0) is 77.6 Å². The molecule has 45 heavy (non-hydrogen) atoms. The van der Waals surface area contributed by atoms with Crippen LogP contribution in [0.1, 0.15) is 40.0 Å². The third-order valence-electron chi connectivity index (χ3n) is 8.23. The minimum Gasteiger partial charge on any atom is -0.508 e. The summed E-state index contributed by atoms with van der Waals surface area (Å²) in [4.78, 5) is 28.5. The molecule has 0 spiro atoms. The Morgan fingerprint density at radius 3 is 2.29 bits per heavy atom. The van der Waals surface area contributed by atoms with Crippen molar-refractivity contribution in [2.45, 2.75) is 46.1 Å². The van der Waals surface area contributed by atoms with Gasteiger partial charge in [0, 0.05) is 69.0 Å². The summed E-state index contributed by atoms with van der Waals surface area (Å²) in [7, 11) is 10.2. The number of hydrogen-bond acceptors (Lipinski definition) is 7. The average molecular weight is 622 g/mol. The molecule has 1 unspecified atom stereocenters. The molecule has 0 radical (unpaired) electrons. The summed E-state index contributed by atoms with van der Waals surface area (Å²) in [6.45, 7) is 16.0. The summed E-state index contributed by atoms with van der Waals surface area (Å²) in [6.07, 6.45) is 6.82. The van der Waals surface area contributed by atoms with Gasteiger partial charge in [-0.2, -0.15) is 0 Å². The number of nitrogens with one attached hydrogen (secondary N) is 1. The molecule has 2 aliphatic rings. The van der Waals surface area contributed by atoms with Crippen molar-refractivity contribution in [2.24, 2.45) is 4.99 Å². The quantitative estimate of drug-likeness (QED) is 0.222.